The monoisotopic (exact) mass is 413 g/mol. The van der Waals surface area contributed by atoms with Crippen molar-refractivity contribution in [1.29, 1.82) is 0 Å². The van der Waals surface area contributed by atoms with Crippen molar-refractivity contribution in [2.45, 2.75) is 20.8 Å². The van der Waals surface area contributed by atoms with Crippen molar-refractivity contribution in [3.63, 3.8) is 0 Å². The number of ether oxygens (including phenoxy) is 1. The summed E-state index contributed by atoms with van der Waals surface area (Å²) in [6, 6.07) is 18.6. The highest BCUT2D eigenvalue weighted by Gasteiger charge is 2.15. The van der Waals surface area contributed by atoms with Gasteiger partial charge in [0.2, 0.25) is 5.55 Å². The molecule has 156 valence electrons. The van der Waals surface area contributed by atoms with Crippen molar-refractivity contribution in [3.8, 4) is 5.75 Å². The van der Waals surface area contributed by atoms with Gasteiger partial charge in [0.15, 0.2) is 11.3 Å². The van der Waals surface area contributed by atoms with Gasteiger partial charge in [0.25, 0.3) is 5.91 Å². The average Bonchev–Trinajstić information content (AvgIpc) is 2.75. The topological polar surface area (TPSA) is 76.7 Å². The van der Waals surface area contributed by atoms with Gasteiger partial charge in [-0.25, -0.2) is 9.98 Å². The Morgan fingerprint density at radius 1 is 1.00 bits per heavy atom. The minimum Gasteiger partial charge on any atom is -0.493 e. The summed E-state index contributed by atoms with van der Waals surface area (Å²) in [5, 5.41) is 3.57. The summed E-state index contributed by atoms with van der Waals surface area (Å²) >= 11 is 0. The summed E-state index contributed by atoms with van der Waals surface area (Å²) in [6.07, 6.45) is 0. The maximum atomic E-state index is 13.2. The van der Waals surface area contributed by atoms with Crippen LogP contribution in [-0.4, -0.2) is 18.0 Å². The van der Waals surface area contributed by atoms with Gasteiger partial charge in [-0.1, -0.05) is 24.3 Å². The predicted octanol–water partition coefficient (Wildman–Crippen LogP) is 5.25. The number of anilines is 1. The highest BCUT2D eigenvalue weighted by atomic mass is 16.5. The average molecular weight is 413 g/mol. The number of amides is 1. The van der Waals surface area contributed by atoms with E-state index in [0.717, 1.165) is 16.6 Å². The molecular weight excluding hydrogens is 390 g/mol. The van der Waals surface area contributed by atoms with Crippen molar-refractivity contribution >= 4 is 28.4 Å². The number of hydrogen-bond acceptors (Lipinski definition) is 5. The van der Waals surface area contributed by atoms with Crippen molar-refractivity contribution in [2.75, 3.05) is 12.4 Å². The van der Waals surface area contributed by atoms with E-state index in [0.29, 0.717) is 28.4 Å². The van der Waals surface area contributed by atoms with E-state index in [1.165, 1.54) is 5.56 Å². The molecule has 2 heterocycles. The van der Waals surface area contributed by atoms with Crippen LogP contribution in [0.1, 0.15) is 27.2 Å². The largest absolute Gasteiger partial charge is 0.493 e. The summed E-state index contributed by atoms with van der Waals surface area (Å²) in [5.41, 5.74) is 4.81. The Bertz CT molecular complexity index is 1360. The highest BCUT2D eigenvalue weighted by Crippen LogP contribution is 2.25. The second kappa shape index (κ2) is 8.44. The van der Waals surface area contributed by atoms with Gasteiger partial charge in [-0.15, -0.1) is 0 Å². The van der Waals surface area contributed by atoms with E-state index in [2.05, 4.69) is 15.3 Å². The standard InChI is InChI=1S/C25H23N3O3/c1-15-11-12-19(13-16(15)2)27-25-20(24(29)28-22-10-5-7-17(3)26-22)14-18-8-6-9-21(30-4)23(18)31-25/h5-14H,1-4H3,(H,26,28,29). The fraction of sp³-hybridized carbons (Fsp3) is 0.160. The quantitative estimate of drug-likeness (QED) is 0.496. The lowest BCUT2D eigenvalue weighted by Gasteiger charge is -2.09. The number of benzene rings is 2. The molecule has 6 heteroatoms. The molecule has 1 N–H and O–H groups in total. The van der Waals surface area contributed by atoms with E-state index in [-0.39, 0.29) is 11.5 Å². The number of aryl methyl sites for hydroxylation is 3. The molecule has 0 aliphatic carbocycles. The molecule has 4 rings (SSSR count). The van der Waals surface area contributed by atoms with Crippen LogP contribution < -0.4 is 15.6 Å². The second-order valence-corrected chi connectivity index (χ2v) is 7.34. The molecule has 0 unspecified atom stereocenters. The van der Waals surface area contributed by atoms with Crippen LogP contribution in [0, 0.1) is 20.8 Å². The minimum atomic E-state index is -0.353. The molecule has 0 atom stereocenters. The van der Waals surface area contributed by atoms with Crippen molar-refractivity contribution in [3.05, 3.63) is 88.6 Å². The number of nitrogens with zero attached hydrogens (tertiary/aromatic N) is 2. The van der Waals surface area contributed by atoms with E-state index in [4.69, 9.17) is 9.15 Å². The first-order valence-corrected chi connectivity index (χ1v) is 9.92. The van der Waals surface area contributed by atoms with Crippen LogP contribution in [0.25, 0.3) is 11.0 Å². The van der Waals surface area contributed by atoms with Gasteiger partial charge in [-0.2, -0.15) is 0 Å². The number of methoxy groups -OCH3 is 1. The van der Waals surface area contributed by atoms with E-state index < -0.39 is 0 Å². The number of carbonyl (C=O) groups is 1. The first-order valence-electron chi connectivity index (χ1n) is 9.92. The predicted molar refractivity (Wildman–Crippen MR) is 121 cm³/mol. The van der Waals surface area contributed by atoms with E-state index in [9.17, 15) is 4.79 Å². The third-order valence-electron chi connectivity index (χ3n) is 5.05. The van der Waals surface area contributed by atoms with E-state index in [1.54, 1.807) is 19.2 Å². The zero-order valence-electron chi connectivity index (χ0n) is 17.9. The van der Waals surface area contributed by atoms with Crippen LogP contribution >= 0.6 is 0 Å². The Labute approximate surface area is 180 Å². The van der Waals surface area contributed by atoms with Gasteiger partial charge in [0.05, 0.1) is 12.8 Å². The molecule has 0 saturated carbocycles. The molecule has 0 bridgehead atoms. The Morgan fingerprint density at radius 2 is 1.81 bits per heavy atom. The first-order chi connectivity index (χ1) is 14.9. The molecule has 0 aliphatic heterocycles. The summed E-state index contributed by atoms with van der Waals surface area (Å²) in [5.74, 6) is 0.684. The molecule has 0 radical (unpaired) electrons. The summed E-state index contributed by atoms with van der Waals surface area (Å²) in [4.78, 5) is 22.1. The van der Waals surface area contributed by atoms with Gasteiger partial charge < -0.3 is 14.5 Å². The van der Waals surface area contributed by atoms with Gasteiger partial charge in [-0.05, 0) is 68.3 Å². The molecule has 31 heavy (non-hydrogen) atoms. The van der Waals surface area contributed by atoms with Crippen molar-refractivity contribution in [1.82, 2.24) is 4.98 Å². The van der Waals surface area contributed by atoms with Crippen molar-refractivity contribution < 1.29 is 13.9 Å². The number of aromatic nitrogens is 1. The summed E-state index contributed by atoms with van der Waals surface area (Å²) < 4.78 is 11.5. The molecule has 0 saturated heterocycles. The molecule has 2 aromatic heterocycles. The molecule has 2 aromatic carbocycles. The number of rotatable bonds is 4. The number of hydrogen-bond donors (Lipinski definition) is 1. The van der Waals surface area contributed by atoms with Crippen LogP contribution in [0.15, 0.2) is 70.1 Å². The molecular formula is C25H23N3O3. The SMILES string of the molecule is COc1cccc2cc(C(=O)Nc3cccc(C)n3)c(=Nc3ccc(C)c(C)c3)oc12. The van der Waals surface area contributed by atoms with Crippen LogP contribution in [0.4, 0.5) is 11.5 Å². The van der Waals surface area contributed by atoms with Crippen LogP contribution in [0.3, 0.4) is 0 Å². The van der Waals surface area contributed by atoms with Crippen molar-refractivity contribution in [2.24, 2.45) is 4.99 Å². The number of para-hydroxylation sites is 1. The Hall–Kier alpha value is -3.93. The summed E-state index contributed by atoms with van der Waals surface area (Å²) in [7, 11) is 1.58. The molecule has 0 fully saturated rings. The maximum Gasteiger partial charge on any atom is 0.262 e. The second-order valence-electron chi connectivity index (χ2n) is 7.34. The maximum absolute atomic E-state index is 13.2. The number of pyridine rings is 1. The molecule has 1 amide bonds. The van der Waals surface area contributed by atoms with Gasteiger partial charge >= 0.3 is 0 Å². The number of nitrogens with one attached hydrogen (secondary N) is 1. The lowest BCUT2D eigenvalue weighted by molar-refractivity contribution is 0.102. The third-order valence-corrected chi connectivity index (χ3v) is 5.05. The first kappa shape index (κ1) is 20.3. The molecule has 0 spiro atoms. The fourth-order valence-corrected chi connectivity index (χ4v) is 3.24. The van der Waals surface area contributed by atoms with Gasteiger partial charge in [0, 0.05) is 11.1 Å². The van der Waals surface area contributed by atoms with Gasteiger partial charge in [0.1, 0.15) is 11.4 Å². The highest BCUT2D eigenvalue weighted by molar-refractivity contribution is 6.05. The normalized spacial score (nSPS) is 11.5. The Morgan fingerprint density at radius 3 is 2.55 bits per heavy atom. The Kier molecular flexibility index (Phi) is 5.54. The zero-order chi connectivity index (χ0) is 22.0. The van der Waals surface area contributed by atoms with E-state index >= 15 is 0 Å². The smallest absolute Gasteiger partial charge is 0.262 e. The number of carbonyl (C=O) groups excluding carboxylic acids is 1. The lowest BCUT2D eigenvalue weighted by atomic mass is 10.1. The number of fused-ring (bicyclic) bond motifs is 1. The molecule has 6 nitrogen and oxygen atoms in total. The molecule has 0 aliphatic rings. The zero-order valence-corrected chi connectivity index (χ0v) is 17.9. The van der Waals surface area contributed by atoms with Gasteiger partial charge in [-0.3, -0.25) is 4.79 Å². The van der Waals surface area contributed by atoms with Crippen LogP contribution in [-0.2, 0) is 0 Å². The third kappa shape index (κ3) is 4.33. The minimum absolute atomic E-state index is 0.199. The van der Waals surface area contributed by atoms with Crippen LogP contribution in [0.2, 0.25) is 0 Å². The van der Waals surface area contributed by atoms with E-state index in [1.807, 2.05) is 69.3 Å². The fourth-order valence-electron chi connectivity index (χ4n) is 3.24. The molecule has 4 aromatic rings. The lowest BCUT2D eigenvalue weighted by Crippen LogP contribution is -2.22. The van der Waals surface area contributed by atoms with Crippen LogP contribution in [0.5, 0.6) is 5.75 Å². The Balaban J connectivity index is 1.89. The summed E-state index contributed by atoms with van der Waals surface area (Å²) in [6.45, 7) is 5.93.